The molecule has 44 heavy (non-hydrogen) atoms. The molecule has 1 N–H and O–H groups in total. The van der Waals surface area contributed by atoms with Gasteiger partial charge in [-0.15, -0.1) is 5.92 Å². The van der Waals surface area contributed by atoms with E-state index >= 15 is 0 Å². The zero-order valence-corrected chi connectivity index (χ0v) is 26.4. The van der Waals surface area contributed by atoms with Gasteiger partial charge in [0.1, 0.15) is 6.54 Å². The maximum absolute atomic E-state index is 13.9. The highest BCUT2D eigenvalue weighted by molar-refractivity contribution is 5.99. The Kier molecular flexibility index (Phi) is 10.5. The van der Waals surface area contributed by atoms with E-state index < -0.39 is 0 Å². The van der Waals surface area contributed by atoms with E-state index in [1.807, 2.05) is 26.0 Å². The summed E-state index contributed by atoms with van der Waals surface area (Å²) in [5, 5.41) is 15.8. The molecule has 8 nitrogen and oxygen atoms in total. The van der Waals surface area contributed by atoms with Gasteiger partial charge in [-0.25, -0.2) is 0 Å². The third-order valence-electron chi connectivity index (χ3n) is 8.65. The second-order valence-corrected chi connectivity index (χ2v) is 11.6. The Hall–Kier alpha value is -3.90. The van der Waals surface area contributed by atoms with Gasteiger partial charge in [0.05, 0.1) is 18.8 Å². The van der Waals surface area contributed by atoms with Crippen LogP contribution < -0.4 is 14.9 Å². The quantitative estimate of drug-likeness (QED) is 0.218. The van der Waals surface area contributed by atoms with Crippen LogP contribution in [0.1, 0.15) is 65.0 Å². The predicted molar refractivity (Wildman–Crippen MR) is 173 cm³/mol. The summed E-state index contributed by atoms with van der Waals surface area (Å²) in [5.41, 5.74) is 7.79. The summed E-state index contributed by atoms with van der Waals surface area (Å²) >= 11 is 0. The lowest BCUT2D eigenvalue weighted by atomic mass is 9.94. The van der Waals surface area contributed by atoms with Crippen LogP contribution in [0, 0.1) is 30.9 Å². The summed E-state index contributed by atoms with van der Waals surface area (Å²) < 4.78 is 12.0. The monoisotopic (exact) mass is 596 g/mol. The van der Waals surface area contributed by atoms with Crippen LogP contribution in [-0.4, -0.2) is 62.9 Å². The van der Waals surface area contributed by atoms with Crippen molar-refractivity contribution in [1.29, 1.82) is 0 Å². The first-order valence-corrected chi connectivity index (χ1v) is 15.7. The number of anilines is 1. The van der Waals surface area contributed by atoms with E-state index in [4.69, 9.17) is 9.47 Å². The van der Waals surface area contributed by atoms with Gasteiger partial charge in [-0.2, -0.15) is 4.73 Å². The maximum Gasteiger partial charge on any atom is 0.252 e. The Balaban J connectivity index is 1.47. The fraction of sp³-hybridized carbons (Fsp3) is 0.444. The van der Waals surface area contributed by atoms with Crippen molar-refractivity contribution >= 4 is 11.6 Å². The smallest absolute Gasteiger partial charge is 0.252 e. The molecule has 1 amide bonds. The largest absolute Gasteiger partial charge is 0.618 e. The number of aromatic nitrogens is 1. The number of amides is 1. The number of pyridine rings is 1. The van der Waals surface area contributed by atoms with Crippen LogP contribution in [0.2, 0.25) is 0 Å². The summed E-state index contributed by atoms with van der Waals surface area (Å²) in [5.74, 6) is 5.68. The minimum absolute atomic E-state index is 0.0827. The molecule has 8 heteroatoms. The Labute approximate surface area is 261 Å². The van der Waals surface area contributed by atoms with Crippen LogP contribution in [-0.2, 0) is 22.6 Å². The van der Waals surface area contributed by atoms with Crippen molar-refractivity contribution in [2.24, 2.45) is 0 Å². The second kappa shape index (κ2) is 14.7. The van der Waals surface area contributed by atoms with Crippen LogP contribution in [0.4, 0.5) is 5.69 Å². The average molecular weight is 597 g/mol. The Morgan fingerprint density at radius 3 is 2.43 bits per heavy atom. The van der Waals surface area contributed by atoms with Crippen LogP contribution in [0.25, 0.3) is 11.1 Å². The first-order chi connectivity index (χ1) is 21.4. The Morgan fingerprint density at radius 2 is 1.75 bits per heavy atom. The van der Waals surface area contributed by atoms with Gasteiger partial charge in [0.25, 0.3) is 5.91 Å². The van der Waals surface area contributed by atoms with Gasteiger partial charge in [-0.05, 0) is 81.0 Å². The van der Waals surface area contributed by atoms with Gasteiger partial charge in [-0.1, -0.05) is 30.2 Å². The number of carbonyl (C=O) groups is 1. The van der Waals surface area contributed by atoms with Crippen LogP contribution in [0.5, 0.6) is 0 Å². The zero-order valence-electron chi connectivity index (χ0n) is 26.4. The lowest BCUT2D eigenvalue weighted by molar-refractivity contribution is -0.614. The third-order valence-corrected chi connectivity index (χ3v) is 8.65. The first kappa shape index (κ1) is 31.5. The highest BCUT2D eigenvalue weighted by Crippen LogP contribution is 2.34. The molecule has 2 aromatic carbocycles. The molecule has 2 aliphatic heterocycles. The van der Waals surface area contributed by atoms with E-state index in [0.29, 0.717) is 22.9 Å². The summed E-state index contributed by atoms with van der Waals surface area (Å²) in [6.45, 7) is 14.5. The lowest BCUT2D eigenvalue weighted by Gasteiger charge is -2.37. The maximum atomic E-state index is 13.9. The van der Waals surface area contributed by atoms with E-state index in [-0.39, 0.29) is 12.5 Å². The zero-order chi connectivity index (χ0) is 31.1. The minimum Gasteiger partial charge on any atom is -0.618 e. The molecule has 0 aliphatic carbocycles. The highest BCUT2D eigenvalue weighted by atomic mass is 16.5. The molecule has 2 aliphatic rings. The van der Waals surface area contributed by atoms with Gasteiger partial charge in [-0.3, -0.25) is 9.69 Å². The van der Waals surface area contributed by atoms with Gasteiger partial charge in [0.2, 0.25) is 5.69 Å². The Morgan fingerprint density at radius 1 is 1.05 bits per heavy atom. The topological polar surface area (TPSA) is 81.0 Å². The minimum atomic E-state index is -0.214. The molecule has 3 heterocycles. The number of morpholine rings is 1. The highest BCUT2D eigenvalue weighted by Gasteiger charge is 2.25. The molecule has 0 saturated carbocycles. The molecule has 2 fully saturated rings. The number of benzene rings is 2. The fourth-order valence-electron chi connectivity index (χ4n) is 6.25. The summed E-state index contributed by atoms with van der Waals surface area (Å²) in [6, 6.07) is 15.1. The molecule has 5 rings (SSSR count). The SMILES string of the molecule is CC#Cc1cc(C)c[n+]([O-])c1CNC(=O)c1cc(-c2ccc(CN3CCOCC3)cc2)cc(N(CC)C2CCOCC2)c1C. The summed E-state index contributed by atoms with van der Waals surface area (Å²) in [6.07, 6.45) is 3.42. The van der Waals surface area contributed by atoms with Crippen molar-refractivity contribution in [3.63, 3.8) is 0 Å². The summed E-state index contributed by atoms with van der Waals surface area (Å²) in [4.78, 5) is 18.7. The number of hydrogen-bond acceptors (Lipinski definition) is 6. The third kappa shape index (κ3) is 7.41. The van der Waals surface area contributed by atoms with Gasteiger partial charge in [0.15, 0.2) is 6.20 Å². The van der Waals surface area contributed by atoms with Crippen molar-refractivity contribution in [3.8, 4) is 23.0 Å². The first-order valence-electron chi connectivity index (χ1n) is 15.7. The van der Waals surface area contributed by atoms with Crippen molar-refractivity contribution in [3.05, 3.63) is 87.4 Å². The molecular formula is C36H44N4O4. The normalized spacial score (nSPS) is 15.8. The van der Waals surface area contributed by atoms with E-state index in [1.165, 1.54) is 11.8 Å². The molecule has 0 spiro atoms. The average Bonchev–Trinajstić information content (AvgIpc) is 3.03. The van der Waals surface area contributed by atoms with Crippen molar-refractivity contribution in [2.75, 3.05) is 51.0 Å². The number of nitrogens with zero attached hydrogens (tertiary/aromatic N) is 3. The van der Waals surface area contributed by atoms with Crippen LogP contribution in [0.15, 0.2) is 48.7 Å². The van der Waals surface area contributed by atoms with Gasteiger partial charge < -0.3 is 24.9 Å². The molecule has 0 radical (unpaired) electrons. The number of nitrogens with one attached hydrogen (secondary N) is 1. The molecule has 0 atom stereocenters. The number of hydrogen-bond donors (Lipinski definition) is 1. The van der Waals surface area contributed by atoms with E-state index in [0.717, 1.165) is 98.1 Å². The number of aryl methyl sites for hydroxylation is 1. The van der Waals surface area contributed by atoms with E-state index in [2.05, 4.69) is 64.2 Å². The van der Waals surface area contributed by atoms with Gasteiger partial charge >= 0.3 is 0 Å². The number of carbonyl (C=O) groups excluding carboxylic acids is 1. The fourth-order valence-corrected chi connectivity index (χ4v) is 6.25. The molecule has 1 aromatic heterocycles. The molecule has 3 aromatic rings. The number of ether oxygens (including phenoxy) is 2. The van der Waals surface area contributed by atoms with Gasteiger partial charge in [0, 0.05) is 62.2 Å². The van der Waals surface area contributed by atoms with E-state index in [1.54, 1.807) is 6.92 Å². The standard InChI is InChI=1S/C36H44N4O4/c1-5-7-30-20-26(3)24-40(42)35(30)23-37-36(41)33-21-31(22-34(27(33)4)39(6-2)32-12-16-43-17-13-32)29-10-8-28(9-11-29)25-38-14-18-44-19-15-38/h8-11,20-22,24,32H,6,12-19,23,25H2,1-4H3,(H,37,41). The summed E-state index contributed by atoms with van der Waals surface area (Å²) in [7, 11) is 0. The van der Waals surface area contributed by atoms with Crippen molar-refractivity contribution in [1.82, 2.24) is 10.2 Å². The molecular weight excluding hydrogens is 552 g/mol. The van der Waals surface area contributed by atoms with Crippen LogP contribution >= 0.6 is 0 Å². The molecule has 232 valence electrons. The number of rotatable bonds is 9. The van der Waals surface area contributed by atoms with E-state index in [9.17, 15) is 10.0 Å². The molecule has 0 bridgehead atoms. The second-order valence-electron chi connectivity index (χ2n) is 11.6. The van der Waals surface area contributed by atoms with Crippen molar-refractivity contribution < 1.29 is 19.0 Å². The molecule has 0 unspecified atom stereocenters. The lowest BCUT2D eigenvalue weighted by Crippen LogP contribution is -2.40. The van der Waals surface area contributed by atoms with Crippen LogP contribution in [0.3, 0.4) is 0 Å². The molecule has 2 saturated heterocycles. The predicted octanol–water partition coefficient (Wildman–Crippen LogP) is 4.74. The van der Waals surface area contributed by atoms with Crippen molar-refractivity contribution in [2.45, 2.75) is 59.7 Å². The Bertz CT molecular complexity index is 1510.